The summed E-state index contributed by atoms with van der Waals surface area (Å²) in [6, 6.07) is 0. The second-order valence-electron chi connectivity index (χ2n) is 2.33. The number of rotatable bonds is 2. The lowest BCUT2D eigenvalue weighted by Gasteiger charge is -2.20. The molecule has 54 valence electrons. The Bertz CT molecular complexity index is 172. The number of amides is 1. The van der Waals surface area contributed by atoms with Crippen molar-refractivity contribution in [1.29, 1.82) is 0 Å². The van der Waals surface area contributed by atoms with E-state index in [9.17, 15) is 4.79 Å². The molecular formula is C8H11NO. The van der Waals surface area contributed by atoms with Crippen molar-refractivity contribution in [3.63, 3.8) is 0 Å². The Hall–Kier alpha value is -1.05. The second kappa shape index (κ2) is 3.20. The van der Waals surface area contributed by atoms with Crippen molar-refractivity contribution in [1.82, 2.24) is 4.90 Å². The van der Waals surface area contributed by atoms with Gasteiger partial charge in [0.25, 0.3) is 0 Å². The maximum Gasteiger partial charge on any atom is 0.209 e. The summed E-state index contributed by atoms with van der Waals surface area (Å²) in [7, 11) is 0. The zero-order valence-electron chi connectivity index (χ0n) is 5.92. The predicted octanol–water partition coefficient (Wildman–Crippen LogP) is 0.961. The zero-order chi connectivity index (χ0) is 7.40. The fourth-order valence-corrected chi connectivity index (χ4v) is 0.982. The lowest BCUT2D eigenvalue weighted by Crippen LogP contribution is -2.26. The highest BCUT2D eigenvalue weighted by atomic mass is 16.1. The van der Waals surface area contributed by atoms with E-state index in [0.29, 0.717) is 0 Å². The Morgan fingerprint density at radius 2 is 2.50 bits per heavy atom. The van der Waals surface area contributed by atoms with E-state index in [-0.39, 0.29) is 0 Å². The predicted molar refractivity (Wildman–Crippen MR) is 40.5 cm³/mol. The van der Waals surface area contributed by atoms with Crippen LogP contribution in [0.15, 0.2) is 24.3 Å². The third-order valence-corrected chi connectivity index (χ3v) is 1.69. The summed E-state index contributed by atoms with van der Waals surface area (Å²) in [5, 5.41) is 0. The number of hydrogen-bond donors (Lipinski definition) is 0. The standard InChI is InChI=1S/C8H11NO/c1-2-8-3-5-9(7-10)6-4-8/h2-3,7H,1,4-6H2. The van der Waals surface area contributed by atoms with Gasteiger partial charge in [-0.3, -0.25) is 4.79 Å². The molecule has 0 fully saturated rings. The molecule has 0 bridgehead atoms. The van der Waals surface area contributed by atoms with Gasteiger partial charge in [-0.25, -0.2) is 0 Å². The molecular weight excluding hydrogens is 126 g/mol. The van der Waals surface area contributed by atoms with Crippen molar-refractivity contribution in [2.75, 3.05) is 13.1 Å². The number of hydrogen-bond acceptors (Lipinski definition) is 1. The van der Waals surface area contributed by atoms with Gasteiger partial charge in [-0.1, -0.05) is 18.7 Å². The Morgan fingerprint density at radius 3 is 2.90 bits per heavy atom. The van der Waals surface area contributed by atoms with Crippen molar-refractivity contribution in [3.8, 4) is 0 Å². The summed E-state index contributed by atoms with van der Waals surface area (Å²) in [5.74, 6) is 0. The first-order valence-corrected chi connectivity index (χ1v) is 3.37. The smallest absolute Gasteiger partial charge is 0.209 e. The van der Waals surface area contributed by atoms with Gasteiger partial charge in [-0.05, 0) is 12.0 Å². The fraction of sp³-hybridized carbons (Fsp3) is 0.375. The Balaban J connectivity index is 2.51. The molecule has 10 heavy (non-hydrogen) atoms. The first-order valence-electron chi connectivity index (χ1n) is 3.37. The Kier molecular flexibility index (Phi) is 2.26. The van der Waals surface area contributed by atoms with Crippen LogP contribution >= 0.6 is 0 Å². The van der Waals surface area contributed by atoms with Crippen molar-refractivity contribution >= 4 is 6.41 Å². The zero-order valence-corrected chi connectivity index (χ0v) is 5.92. The molecule has 1 rings (SSSR count). The minimum absolute atomic E-state index is 0.741. The molecule has 1 amide bonds. The molecule has 1 heterocycles. The molecule has 0 aliphatic carbocycles. The molecule has 1 aliphatic heterocycles. The van der Waals surface area contributed by atoms with Gasteiger partial charge in [0.2, 0.25) is 6.41 Å². The van der Waals surface area contributed by atoms with E-state index in [1.54, 1.807) is 4.90 Å². The summed E-state index contributed by atoms with van der Waals surface area (Å²) in [4.78, 5) is 12.0. The molecule has 0 radical (unpaired) electrons. The summed E-state index contributed by atoms with van der Waals surface area (Å²) < 4.78 is 0. The SMILES string of the molecule is C=CC1=CCN(C=O)CC1. The molecule has 1 aliphatic rings. The van der Waals surface area contributed by atoms with Crippen LogP contribution < -0.4 is 0 Å². The van der Waals surface area contributed by atoms with Crippen LogP contribution in [-0.2, 0) is 4.79 Å². The van der Waals surface area contributed by atoms with Gasteiger partial charge in [0.15, 0.2) is 0 Å². The monoisotopic (exact) mass is 137 g/mol. The van der Waals surface area contributed by atoms with E-state index < -0.39 is 0 Å². The van der Waals surface area contributed by atoms with Gasteiger partial charge in [0.05, 0.1) is 0 Å². The average Bonchev–Trinajstić information content (AvgIpc) is 2.05. The van der Waals surface area contributed by atoms with E-state index in [1.165, 1.54) is 5.57 Å². The molecule has 2 nitrogen and oxygen atoms in total. The van der Waals surface area contributed by atoms with Gasteiger partial charge in [0, 0.05) is 13.1 Å². The fourth-order valence-electron chi connectivity index (χ4n) is 0.982. The number of nitrogens with zero attached hydrogens (tertiary/aromatic N) is 1. The van der Waals surface area contributed by atoms with E-state index in [2.05, 4.69) is 6.58 Å². The quantitative estimate of drug-likeness (QED) is 0.519. The Labute approximate surface area is 60.8 Å². The summed E-state index contributed by atoms with van der Waals surface area (Å²) in [5.41, 5.74) is 1.25. The molecule has 0 atom stereocenters. The minimum atomic E-state index is 0.741. The summed E-state index contributed by atoms with van der Waals surface area (Å²) in [6.45, 7) is 5.24. The van der Waals surface area contributed by atoms with Crippen molar-refractivity contribution in [3.05, 3.63) is 24.3 Å². The van der Waals surface area contributed by atoms with E-state index in [0.717, 1.165) is 25.9 Å². The van der Waals surface area contributed by atoms with Crippen LogP contribution in [0.25, 0.3) is 0 Å². The van der Waals surface area contributed by atoms with Crippen LogP contribution in [-0.4, -0.2) is 24.4 Å². The van der Waals surface area contributed by atoms with Gasteiger partial charge < -0.3 is 4.90 Å². The number of carbonyl (C=O) groups is 1. The largest absolute Gasteiger partial charge is 0.341 e. The van der Waals surface area contributed by atoms with E-state index in [1.807, 2.05) is 12.2 Å². The van der Waals surface area contributed by atoms with E-state index >= 15 is 0 Å². The minimum Gasteiger partial charge on any atom is -0.341 e. The van der Waals surface area contributed by atoms with Gasteiger partial charge in [-0.2, -0.15) is 0 Å². The lowest BCUT2D eigenvalue weighted by atomic mass is 10.1. The van der Waals surface area contributed by atoms with Crippen LogP contribution in [0.3, 0.4) is 0 Å². The molecule has 0 unspecified atom stereocenters. The van der Waals surface area contributed by atoms with Crippen LogP contribution in [0.1, 0.15) is 6.42 Å². The topological polar surface area (TPSA) is 20.3 Å². The first kappa shape index (κ1) is 7.06. The van der Waals surface area contributed by atoms with Gasteiger partial charge >= 0.3 is 0 Å². The molecule has 0 aromatic heterocycles. The molecule has 0 N–H and O–H groups in total. The third-order valence-electron chi connectivity index (χ3n) is 1.69. The number of carbonyl (C=O) groups excluding carboxylic acids is 1. The van der Waals surface area contributed by atoms with Gasteiger partial charge in [-0.15, -0.1) is 0 Å². The summed E-state index contributed by atoms with van der Waals surface area (Å²) in [6.07, 6.45) is 5.71. The second-order valence-corrected chi connectivity index (χ2v) is 2.33. The first-order chi connectivity index (χ1) is 4.86. The van der Waals surface area contributed by atoms with Crippen LogP contribution in [0.2, 0.25) is 0 Å². The van der Waals surface area contributed by atoms with Gasteiger partial charge in [0.1, 0.15) is 0 Å². The van der Waals surface area contributed by atoms with Crippen molar-refractivity contribution < 1.29 is 4.79 Å². The van der Waals surface area contributed by atoms with E-state index in [4.69, 9.17) is 0 Å². The highest BCUT2D eigenvalue weighted by Crippen LogP contribution is 2.08. The van der Waals surface area contributed by atoms with Crippen LogP contribution in [0, 0.1) is 0 Å². The average molecular weight is 137 g/mol. The maximum atomic E-state index is 10.2. The van der Waals surface area contributed by atoms with Crippen LogP contribution in [0.4, 0.5) is 0 Å². The Morgan fingerprint density at radius 1 is 1.70 bits per heavy atom. The molecule has 0 aromatic rings. The molecule has 0 saturated heterocycles. The maximum absolute atomic E-state index is 10.2. The highest BCUT2D eigenvalue weighted by molar-refractivity contribution is 5.48. The third kappa shape index (κ3) is 1.47. The van der Waals surface area contributed by atoms with Crippen molar-refractivity contribution in [2.45, 2.75) is 6.42 Å². The van der Waals surface area contributed by atoms with Crippen molar-refractivity contribution in [2.24, 2.45) is 0 Å². The van der Waals surface area contributed by atoms with Crippen LogP contribution in [0.5, 0.6) is 0 Å². The molecule has 0 spiro atoms. The summed E-state index contributed by atoms with van der Waals surface area (Å²) >= 11 is 0. The lowest BCUT2D eigenvalue weighted by molar-refractivity contribution is -0.117. The molecule has 0 aromatic carbocycles. The molecule has 0 saturated carbocycles. The normalized spacial score (nSPS) is 18.0. The number of allylic oxidation sites excluding steroid dienone is 1. The highest BCUT2D eigenvalue weighted by Gasteiger charge is 2.05. The molecule has 2 heteroatoms.